The number of carboxylic acids is 1. The van der Waals surface area contributed by atoms with Gasteiger partial charge < -0.3 is 14.9 Å². The fourth-order valence-corrected chi connectivity index (χ4v) is 9.91. The average molecular weight is 712 g/mol. The predicted octanol–water partition coefficient (Wildman–Crippen LogP) is 10.6. The third-order valence-electron chi connectivity index (χ3n) is 14.9. The zero-order chi connectivity index (χ0) is 39.3. The van der Waals surface area contributed by atoms with E-state index in [9.17, 15) is 15.0 Å². The second kappa shape index (κ2) is 15.0. The molecule has 4 rings (SSSR count). The van der Waals surface area contributed by atoms with E-state index < -0.39 is 23.1 Å². The fraction of sp³-hybridized carbons (Fsp3) is 0.596. The van der Waals surface area contributed by atoms with E-state index in [-0.39, 0.29) is 40.7 Å². The van der Waals surface area contributed by atoms with Crippen molar-refractivity contribution in [3.8, 4) is 0 Å². The summed E-state index contributed by atoms with van der Waals surface area (Å²) < 4.78 is 7.06. The first kappa shape index (κ1) is 41.8. The molecule has 8 atom stereocenters. The van der Waals surface area contributed by atoms with Crippen LogP contribution in [-0.2, 0) is 20.5 Å². The maximum atomic E-state index is 12.3. The molecule has 0 aromatic heterocycles. The molecule has 1 aliphatic heterocycles. The van der Waals surface area contributed by atoms with Crippen molar-refractivity contribution in [2.75, 3.05) is 13.7 Å². The van der Waals surface area contributed by atoms with Crippen molar-refractivity contribution >= 4 is 5.97 Å². The van der Waals surface area contributed by atoms with E-state index in [4.69, 9.17) is 4.74 Å². The van der Waals surface area contributed by atoms with Crippen LogP contribution in [0.5, 0.6) is 0 Å². The van der Waals surface area contributed by atoms with Crippen LogP contribution in [0, 0.1) is 63.2 Å². The Bertz CT molecular complexity index is 1760. The highest BCUT2D eigenvalue weighted by molar-refractivity contribution is 5.81. The van der Waals surface area contributed by atoms with Gasteiger partial charge in [-0.2, -0.15) is 0 Å². The summed E-state index contributed by atoms with van der Waals surface area (Å²) in [6.45, 7) is 34.1. The van der Waals surface area contributed by atoms with E-state index in [0.29, 0.717) is 0 Å². The van der Waals surface area contributed by atoms with Crippen molar-refractivity contribution in [1.82, 2.24) is 4.90 Å². The van der Waals surface area contributed by atoms with E-state index in [1.165, 1.54) is 33.4 Å². The fourth-order valence-electron chi connectivity index (χ4n) is 9.91. The first-order chi connectivity index (χ1) is 24.0. The van der Waals surface area contributed by atoms with Crippen molar-refractivity contribution in [1.29, 1.82) is 0 Å². The Morgan fingerprint density at radius 2 is 1.48 bits per heavy atom. The van der Waals surface area contributed by atoms with Crippen molar-refractivity contribution < 1.29 is 19.7 Å². The lowest BCUT2D eigenvalue weighted by Gasteiger charge is -2.67. The number of nitrogens with zero attached hydrogens (tertiary/aromatic N) is 1. The molecule has 0 amide bonds. The summed E-state index contributed by atoms with van der Waals surface area (Å²) in [7, 11) is 1.91. The van der Waals surface area contributed by atoms with Crippen LogP contribution in [0.25, 0.3) is 0 Å². The monoisotopic (exact) mass is 712 g/mol. The van der Waals surface area contributed by atoms with Crippen LogP contribution in [0.1, 0.15) is 132 Å². The second-order valence-electron chi connectivity index (χ2n) is 17.9. The number of hydrogen-bond donors (Lipinski definition) is 2. The number of aliphatic hydroxyl groups is 1. The Labute approximate surface area is 316 Å². The molecule has 0 aliphatic carbocycles. The number of aryl methyl sites for hydroxylation is 4. The maximum Gasteiger partial charge on any atom is 0.314 e. The number of methoxy groups -OCH3 is 1. The topological polar surface area (TPSA) is 70.0 Å². The van der Waals surface area contributed by atoms with Crippen LogP contribution >= 0.6 is 0 Å². The molecule has 1 heterocycles. The molecule has 3 aromatic rings. The molecule has 5 nitrogen and oxygen atoms in total. The number of carboxylic acid groups (broad SMARTS) is 1. The Balaban J connectivity index is 1.71. The van der Waals surface area contributed by atoms with Gasteiger partial charge in [-0.25, -0.2) is 0 Å². The van der Waals surface area contributed by atoms with Crippen LogP contribution in [-0.4, -0.2) is 46.8 Å². The zero-order valence-electron chi connectivity index (χ0n) is 35.2. The van der Waals surface area contributed by atoms with Gasteiger partial charge in [0.2, 0.25) is 0 Å². The summed E-state index contributed by atoms with van der Waals surface area (Å²) in [6.07, 6.45) is 0.173. The lowest BCUT2D eigenvalue weighted by molar-refractivity contribution is -0.218. The Kier molecular flexibility index (Phi) is 12.1. The average Bonchev–Trinajstić information content (AvgIpc) is 3.08. The van der Waals surface area contributed by atoms with E-state index >= 15 is 0 Å². The van der Waals surface area contributed by atoms with Crippen LogP contribution in [0.2, 0.25) is 0 Å². The van der Waals surface area contributed by atoms with Crippen LogP contribution in [0.15, 0.2) is 54.6 Å². The van der Waals surface area contributed by atoms with Crippen LogP contribution in [0.4, 0.5) is 0 Å². The van der Waals surface area contributed by atoms with Gasteiger partial charge in [-0.3, -0.25) is 9.69 Å². The van der Waals surface area contributed by atoms with Gasteiger partial charge in [0.15, 0.2) is 0 Å². The van der Waals surface area contributed by atoms with Crippen molar-refractivity contribution in [3.63, 3.8) is 0 Å². The number of aliphatic carboxylic acids is 1. The molecule has 0 spiro atoms. The van der Waals surface area contributed by atoms with Crippen molar-refractivity contribution in [2.45, 2.75) is 139 Å². The predicted molar refractivity (Wildman–Crippen MR) is 216 cm³/mol. The van der Waals surface area contributed by atoms with Gasteiger partial charge in [-0.1, -0.05) is 103 Å². The van der Waals surface area contributed by atoms with Gasteiger partial charge >= 0.3 is 5.97 Å². The smallest absolute Gasteiger partial charge is 0.314 e. The summed E-state index contributed by atoms with van der Waals surface area (Å²) in [5, 5.41) is 21.9. The largest absolute Gasteiger partial charge is 0.481 e. The molecule has 286 valence electrons. The maximum absolute atomic E-state index is 12.3. The Morgan fingerprint density at radius 3 is 2.02 bits per heavy atom. The molecule has 1 fully saturated rings. The minimum Gasteiger partial charge on any atom is -0.481 e. The molecule has 0 radical (unpaired) electrons. The van der Waals surface area contributed by atoms with E-state index in [0.717, 1.165) is 29.7 Å². The number of aliphatic hydroxyl groups excluding tert-OH is 1. The van der Waals surface area contributed by atoms with Gasteiger partial charge in [0.1, 0.15) is 5.60 Å². The minimum atomic E-state index is -0.993. The van der Waals surface area contributed by atoms with Crippen LogP contribution in [0.3, 0.4) is 0 Å². The normalized spacial score (nSPS) is 24.9. The quantitative estimate of drug-likeness (QED) is 0.196. The number of hydrogen-bond acceptors (Lipinski definition) is 4. The van der Waals surface area contributed by atoms with E-state index in [1.54, 1.807) is 6.92 Å². The molecule has 8 unspecified atom stereocenters. The molecule has 52 heavy (non-hydrogen) atoms. The molecule has 0 bridgehead atoms. The molecule has 2 N–H and O–H groups in total. The van der Waals surface area contributed by atoms with E-state index in [1.807, 2.05) is 46.1 Å². The van der Waals surface area contributed by atoms with Gasteiger partial charge in [0.25, 0.3) is 0 Å². The Hall–Kier alpha value is -2.99. The highest BCUT2D eigenvalue weighted by Crippen LogP contribution is 2.65. The molecule has 5 heteroatoms. The third-order valence-corrected chi connectivity index (χ3v) is 14.9. The summed E-state index contributed by atoms with van der Waals surface area (Å²) in [5.41, 5.74) is 7.92. The number of likely N-dealkylation sites (tertiary alicyclic amines) is 1. The second-order valence-corrected chi connectivity index (χ2v) is 17.9. The number of piperidine rings is 1. The third kappa shape index (κ3) is 6.47. The van der Waals surface area contributed by atoms with E-state index in [2.05, 4.69) is 117 Å². The van der Waals surface area contributed by atoms with Crippen molar-refractivity contribution in [3.05, 3.63) is 105 Å². The minimum absolute atomic E-state index is 0.00187. The number of carbonyl (C=O) groups is 1. The highest BCUT2D eigenvalue weighted by atomic mass is 16.5. The molecular formula is C47H69NO4. The first-order valence-electron chi connectivity index (χ1n) is 19.5. The van der Waals surface area contributed by atoms with Gasteiger partial charge in [-0.05, 0) is 135 Å². The van der Waals surface area contributed by atoms with Gasteiger partial charge in [0, 0.05) is 31.2 Å². The van der Waals surface area contributed by atoms with Crippen molar-refractivity contribution in [2.24, 2.45) is 28.6 Å². The molecule has 1 aliphatic rings. The van der Waals surface area contributed by atoms with Gasteiger partial charge in [-0.15, -0.1) is 0 Å². The molecule has 0 saturated carbocycles. The summed E-state index contributed by atoms with van der Waals surface area (Å²) in [5.74, 6) is -0.650. The van der Waals surface area contributed by atoms with Gasteiger partial charge in [0.05, 0.1) is 11.5 Å². The molecule has 3 aromatic carbocycles. The zero-order valence-corrected chi connectivity index (χ0v) is 35.2. The summed E-state index contributed by atoms with van der Waals surface area (Å²) >= 11 is 0. The summed E-state index contributed by atoms with van der Waals surface area (Å²) in [6, 6.07) is 19.8. The highest BCUT2D eigenvalue weighted by Gasteiger charge is 2.66. The Morgan fingerprint density at radius 1 is 0.885 bits per heavy atom. The molecular weight excluding hydrogens is 643 g/mol. The standard InChI is InChI=1S/C47H69NO4/c1-28(2)45(14,43(50)51)38-22-23-40(32(6)26-38)42(49)33(7)24-35(9)48-27-34(8)46(15,44(12,13)37(48)11)47(52-16,39-21-20-29(3)31(5)25-39)41-19-17-18-30(4)36(41)10/h17-23,25-26,28,33-35,37,42,49H,24,27H2,1-16H3,(H,50,51). The lowest BCUT2D eigenvalue weighted by Crippen LogP contribution is -2.69. The number of benzene rings is 3. The lowest BCUT2D eigenvalue weighted by atomic mass is 9.45. The summed E-state index contributed by atoms with van der Waals surface area (Å²) in [4.78, 5) is 15.0. The van der Waals surface area contributed by atoms with Crippen LogP contribution < -0.4 is 0 Å². The molecule has 1 saturated heterocycles. The number of ether oxygens (including phenoxy) is 1. The number of rotatable bonds is 12. The SMILES string of the molecule is COC(c1ccc(C)c(C)c1)(c1cccc(C)c1C)C1(C)C(C)CN(C(C)CC(C)C(O)c2ccc(C(C)(C(=O)O)C(C)C)cc2C)C(C)C1(C)C. The first-order valence-corrected chi connectivity index (χ1v) is 19.5.